The number of carbonyl (C=O) groups excluding carboxylic acids is 1. The molecule has 2 rings (SSSR count). The molecule has 1 aromatic carbocycles. The van der Waals surface area contributed by atoms with Gasteiger partial charge in [-0.15, -0.1) is 12.4 Å². The largest absolute Gasteiger partial charge is 0.356 e. The molecule has 132 valence electrons. The van der Waals surface area contributed by atoms with Crippen molar-refractivity contribution in [3.05, 3.63) is 35.5 Å². The lowest BCUT2D eigenvalue weighted by Crippen LogP contribution is -2.31. The van der Waals surface area contributed by atoms with E-state index in [2.05, 4.69) is 15.5 Å². The second-order valence-corrected chi connectivity index (χ2v) is 5.62. The van der Waals surface area contributed by atoms with Gasteiger partial charge in [0.05, 0.1) is 0 Å². The maximum atomic E-state index is 13.6. The van der Waals surface area contributed by atoms with E-state index in [9.17, 15) is 9.18 Å². The van der Waals surface area contributed by atoms with Crippen LogP contribution in [0.2, 0.25) is 0 Å². The van der Waals surface area contributed by atoms with Gasteiger partial charge in [0.1, 0.15) is 5.82 Å². The molecule has 1 atom stereocenters. The first-order valence-electron chi connectivity index (χ1n) is 7.55. The third kappa shape index (κ3) is 5.58. The Bertz CT molecular complexity index is 678. The molecule has 0 aliphatic heterocycles. The molecule has 0 bridgehead atoms. The fourth-order valence-electron chi connectivity index (χ4n) is 1.89. The number of hydrogen-bond acceptors (Lipinski definition) is 5. The summed E-state index contributed by atoms with van der Waals surface area (Å²) < 4.78 is 18.7. The van der Waals surface area contributed by atoms with Gasteiger partial charge in [-0.05, 0) is 31.0 Å². The molecule has 0 saturated carbocycles. The first kappa shape index (κ1) is 20.1. The van der Waals surface area contributed by atoms with Crippen LogP contribution in [0.5, 0.6) is 0 Å². The molecule has 3 N–H and O–H groups in total. The number of nitrogens with two attached hydrogens (primary N) is 1. The zero-order valence-electron chi connectivity index (χ0n) is 13.7. The first-order chi connectivity index (χ1) is 11.0. The van der Waals surface area contributed by atoms with Crippen molar-refractivity contribution in [2.24, 2.45) is 11.7 Å². The number of aryl methyl sites for hydroxylation is 2. The van der Waals surface area contributed by atoms with Crippen molar-refractivity contribution in [2.45, 2.75) is 26.7 Å². The molecular formula is C16H22ClFN4O2. The van der Waals surface area contributed by atoms with Crippen LogP contribution in [0.1, 0.15) is 24.8 Å². The van der Waals surface area contributed by atoms with Crippen molar-refractivity contribution in [2.75, 3.05) is 13.1 Å². The summed E-state index contributed by atoms with van der Waals surface area (Å²) in [4.78, 5) is 15.9. The van der Waals surface area contributed by atoms with Crippen LogP contribution in [0.15, 0.2) is 22.7 Å². The highest BCUT2D eigenvalue weighted by Crippen LogP contribution is 2.19. The van der Waals surface area contributed by atoms with Crippen molar-refractivity contribution in [3.8, 4) is 11.4 Å². The molecule has 0 spiro atoms. The van der Waals surface area contributed by atoms with Gasteiger partial charge in [0, 0.05) is 24.9 Å². The highest BCUT2D eigenvalue weighted by molar-refractivity contribution is 5.85. The van der Waals surface area contributed by atoms with Crippen molar-refractivity contribution >= 4 is 18.3 Å². The molecule has 1 unspecified atom stereocenters. The predicted octanol–water partition coefficient (Wildman–Crippen LogP) is 2.25. The van der Waals surface area contributed by atoms with E-state index in [-0.39, 0.29) is 36.5 Å². The Kier molecular flexibility index (Phi) is 7.81. The average molecular weight is 357 g/mol. The van der Waals surface area contributed by atoms with Crippen molar-refractivity contribution in [3.63, 3.8) is 0 Å². The van der Waals surface area contributed by atoms with E-state index in [1.807, 2.05) is 6.92 Å². The smallest absolute Gasteiger partial charge is 0.227 e. The van der Waals surface area contributed by atoms with E-state index in [0.717, 1.165) is 0 Å². The zero-order valence-corrected chi connectivity index (χ0v) is 14.5. The predicted molar refractivity (Wildman–Crippen MR) is 91.2 cm³/mol. The minimum Gasteiger partial charge on any atom is -0.356 e. The van der Waals surface area contributed by atoms with Gasteiger partial charge >= 0.3 is 0 Å². The normalized spacial score (nSPS) is 11.7. The fourth-order valence-corrected chi connectivity index (χ4v) is 1.89. The Morgan fingerprint density at radius 3 is 2.88 bits per heavy atom. The molecule has 0 radical (unpaired) electrons. The van der Waals surface area contributed by atoms with E-state index >= 15 is 0 Å². The lowest BCUT2D eigenvalue weighted by Gasteiger charge is -2.09. The number of halogens is 2. The van der Waals surface area contributed by atoms with Crippen molar-refractivity contribution in [1.82, 2.24) is 15.5 Å². The maximum Gasteiger partial charge on any atom is 0.227 e. The summed E-state index contributed by atoms with van der Waals surface area (Å²) in [6, 6.07) is 4.76. The van der Waals surface area contributed by atoms with Crippen LogP contribution in [0.3, 0.4) is 0 Å². The SMILES string of the molecule is Cc1ccc(-c2noc(CCC(=O)NCC(C)CN)n2)cc1F.Cl. The van der Waals surface area contributed by atoms with E-state index in [1.165, 1.54) is 6.07 Å². The molecule has 0 aliphatic rings. The number of carbonyl (C=O) groups is 1. The summed E-state index contributed by atoms with van der Waals surface area (Å²) in [6.07, 6.45) is 0.589. The van der Waals surface area contributed by atoms with E-state index in [4.69, 9.17) is 10.3 Å². The van der Waals surface area contributed by atoms with Crippen LogP contribution >= 0.6 is 12.4 Å². The second-order valence-electron chi connectivity index (χ2n) is 5.62. The Labute approximate surface area is 146 Å². The van der Waals surface area contributed by atoms with Crippen molar-refractivity contribution in [1.29, 1.82) is 0 Å². The van der Waals surface area contributed by atoms with Crippen LogP contribution in [-0.2, 0) is 11.2 Å². The van der Waals surface area contributed by atoms with Crippen molar-refractivity contribution < 1.29 is 13.7 Å². The number of nitrogens with zero attached hydrogens (tertiary/aromatic N) is 2. The molecule has 1 heterocycles. The molecule has 1 aromatic heterocycles. The van der Waals surface area contributed by atoms with Gasteiger partial charge < -0.3 is 15.6 Å². The number of benzene rings is 1. The van der Waals surface area contributed by atoms with Gasteiger partial charge in [0.15, 0.2) is 0 Å². The van der Waals surface area contributed by atoms with E-state index in [0.29, 0.717) is 42.4 Å². The van der Waals surface area contributed by atoms with Crippen LogP contribution in [0.25, 0.3) is 11.4 Å². The molecule has 6 nitrogen and oxygen atoms in total. The minimum atomic E-state index is -0.317. The summed E-state index contributed by atoms with van der Waals surface area (Å²) >= 11 is 0. The van der Waals surface area contributed by atoms with Gasteiger partial charge in [-0.3, -0.25) is 4.79 Å². The Morgan fingerprint density at radius 1 is 1.46 bits per heavy atom. The fraction of sp³-hybridized carbons (Fsp3) is 0.438. The molecule has 0 saturated heterocycles. The minimum absolute atomic E-state index is 0. The lowest BCUT2D eigenvalue weighted by molar-refractivity contribution is -0.121. The number of aromatic nitrogens is 2. The highest BCUT2D eigenvalue weighted by Gasteiger charge is 2.12. The third-order valence-electron chi connectivity index (χ3n) is 3.51. The second kappa shape index (κ2) is 9.34. The Morgan fingerprint density at radius 2 is 2.21 bits per heavy atom. The molecule has 8 heteroatoms. The average Bonchev–Trinajstić information content (AvgIpc) is 3.02. The number of rotatable bonds is 7. The molecule has 1 amide bonds. The monoisotopic (exact) mass is 356 g/mol. The first-order valence-corrected chi connectivity index (χ1v) is 7.55. The molecule has 0 fully saturated rings. The third-order valence-corrected chi connectivity index (χ3v) is 3.51. The molecule has 0 aliphatic carbocycles. The molecular weight excluding hydrogens is 335 g/mol. The van der Waals surface area contributed by atoms with E-state index < -0.39 is 0 Å². The summed E-state index contributed by atoms with van der Waals surface area (Å²) in [5.74, 6) is 0.498. The summed E-state index contributed by atoms with van der Waals surface area (Å²) in [5.41, 5.74) is 6.59. The van der Waals surface area contributed by atoms with Crippen LogP contribution in [0.4, 0.5) is 4.39 Å². The number of hydrogen-bond donors (Lipinski definition) is 2. The summed E-state index contributed by atoms with van der Waals surface area (Å²) in [6.45, 7) is 4.73. The summed E-state index contributed by atoms with van der Waals surface area (Å²) in [5, 5.41) is 6.62. The van der Waals surface area contributed by atoms with Crippen LogP contribution < -0.4 is 11.1 Å². The van der Waals surface area contributed by atoms with Crippen LogP contribution in [-0.4, -0.2) is 29.1 Å². The maximum absolute atomic E-state index is 13.6. The van der Waals surface area contributed by atoms with Crippen LogP contribution in [0, 0.1) is 18.7 Å². The molecule has 24 heavy (non-hydrogen) atoms. The molecule has 2 aromatic rings. The quantitative estimate of drug-likeness (QED) is 0.793. The van der Waals surface area contributed by atoms with Gasteiger partial charge in [-0.2, -0.15) is 4.98 Å². The van der Waals surface area contributed by atoms with Gasteiger partial charge in [-0.1, -0.05) is 24.2 Å². The summed E-state index contributed by atoms with van der Waals surface area (Å²) in [7, 11) is 0. The topological polar surface area (TPSA) is 94.0 Å². The van der Waals surface area contributed by atoms with Gasteiger partial charge in [0.2, 0.25) is 17.6 Å². The Hall–Kier alpha value is -1.99. The van der Waals surface area contributed by atoms with Gasteiger partial charge in [-0.25, -0.2) is 4.39 Å². The lowest BCUT2D eigenvalue weighted by atomic mass is 10.1. The Balaban J connectivity index is 0.00000288. The standard InChI is InChI=1S/C16H21FN4O2.ClH/c1-10(8-18)9-19-14(22)5-6-15-20-16(21-23-15)12-4-3-11(2)13(17)7-12;/h3-4,7,10H,5-6,8-9,18H2,1-2H3,(H,19,22);1H. The van der Waals surface area contributed by atoms with Gasteiger partial charge in [0.25, 0.3) is 0 Å². The van der Waals surface area contributed by atoms with E-state index in [1.54, 1.807) is 19.1 Å². The number of nitrogens with one attached hydrogen (secondary N) is 1. The zero-order chi connectivity index (χ0) is 16.8. The number of amides is 1. The highest BCUT2D eigenvalue weighted by atomic mass is 35.5.